The number of hydrogen-bond donors (Lipinski definition) is 1. The molecule has 0 bridgehead atoms. The molecule has 0 saturated carbocycles. The minimum absolute atomic E-state index is 0.161. The van der Waals surface area contributed by atoms with E-state index in [4.69, 9.17) is 9.84 Å². The van der Waals surface area contributed by atoms with Crippen molar-refractivity contribution >= 4 is 17.6 Å². The molecule has 0 aromatic heterocycles. The summed E-state index contributed by atoms with van der Waals surface area (Å²) in [5.74, 6) is -0.796. The number of nitrogens with zero attached hydrogens (tertiary/aromatic N) is 1. The largest absolute Gasteiger partial charge is 0.478 e. The van der Waals surface area contributed by atoms with Gasteiger partial charge in [0.2, 0.25) is 5.91 Å². The van der Waals surface area contributed by atoms with Crippen LogP contribution in [0.15, 0.2) is 42.5 Å². The number of rotatable bonds is 5. The Bertz CT molecular complexity index is 767. The first-order chi connectivity index (χ1) is 11.6. The standard InChI is InChI=1S/C19H19NO4/c1-24-12-15-11-14(19(22)23)6-9-17(15)13-4-7-16(8-5-13)20-10-2-3-18(20)21/h4-9,11H,2-3,10,12H2,1H3,(H,22,23). The van der Waals surface area contributed by atoms with Crippen LogP contribution in [-0.2, 0) is 16.1 Å². The van der Waals surface area contributed by atoms with Gasteiger partial charge in [0.25, 0.3) is 0 Å². The fourth-order valence-electron chi connectivity index (χ4n) is 3.03. The van der Waals surface area contributed by atoms with Crippen LogP contribution < -0.4 is 4.90 Å². The molecular weight excluding hydrogens is 306 g/mol. The summed E-state index contributed by atoms with van der Waals surface area (Å²) in [4.78, 5) is 24.8. The van der Waals surface area contributed by atoms with Gasteiger partial charge in [0.15, 0.2) is 0 Å². The number of aromatic carboxylic acids is 1. The van der Waals surface area contributed by atoms with Gasteiger partial charge in [-0.1, -0.05) is 18.2 Å². The number of carboxylic acid groups (broad SMARTS) is 1. The summed E-state index contributed by atoms with van der Waals surface area (Å²) in [5, 5.41) is 9.14. The van der Waals surface area contributed by atoms with Crippen LogP contribution in [0.3, 0.4) is 0 Å². The second kappa shape index (κ2) is 6.84. The molecular formula is C19H19NO4. The Labute approximate surface area is 140 Å². The van der Waals surface area contributed by atoms with Crippen molar-refractivity contribution in [1.82, 2.24) is 0 Å². The normalized spacial score (nSPS) is 14.2. The van der Waals surface area contributed by atoms with E-state index in [1.807, 2.05) is 24.3 Å². The predicted octanol–water partition coefficient (Wildman–Crippen LogP) is 3.33. The second-order valence-electron chi connectivity index (χ2n) is 5.81. The number of ether oxygens (including phenoxy) is 1. The molecule has 1 fully saturated rings. The molecule has 0 unspecified atom stereocenters. The number of methoxy groups -OCH3 is 1. The minimum Gasteiger partial charge on any atom is -0.478 e. The molecule has 0 aliphatic carbocycles. The number of benzene rings is 2. The fourth-order valence-corrected chi connectivity index (χ4v) is 3.03. The van der Waals surface area contributed by atoms with Gasteiger partial charge >= 0.3 is 5.97 Å². The molecule has 1 N–H and O–H groups in total. The van der Waals surface area contributed by atoms with Crippen molar-refractivity contribution in [2.45, 2.75) is 19.4 Å². The molecule has 0 spiro atoms. The van der Waals surface area contributed by atoms with Crippen LogP contribution in [0, 0.1) is 0 Å². The third kappa shape index (κ3) is 3.16. The van der Waals surface area contributed by atoms with E-state index in [2.05, 4.69) is 0 Å². The van der Waals surface area contributed by atoms with Crippen LogP contribution in [0.4, 0.5) is 5.69 Å². The highest BCUT2D eigenvalue weighted by Crippen LogP contribution is 2.29. The van der Waals surface area contributed by atoms with Crippen LogP contribution in [0.2, 0.25) is 0 Å². The average Bonchev–Trinajstić information content (AvgIpc) is 3.01. The van der Waals surface area contributed by atoms with E-state index < -0.39 is 5.97 Å². The third-order valence-electron chi connectivity index (χ3n) is 4.22. The van der Waals surface area contributed by atoms with Crippen molar-refractivity contribution in [2.75, 3.05) is 18.6 Å². The van der Waals surface area contributed by atoms with Gasteiger partial charge in [0.05, 0.1) is 12.2 Å². The van der Waals surface area contributed by atoms with Crippen LogP contribution in [-0.4, -0.2) is 30.6 Å². The summed E-state index contributed by atoms with van der Waals surface area (Å²) in [5.41, 5.74) is 3.86. The fraction of sp³-hybridized carbons (Fsp3) is 0.263. The number of anilines is 1. The topological polar surface area (TPSA) is 66.8 Å². The maximum Gasteiger partial charge on any atom is 0.335 e. The van der Waals surface area contributed by atoms with E-state index in [-0.39, 0.29) is 11.5 Å². The molecule has 124 valence electrons. The van der Waals surface area contributed by atoms with E-state index in [1.165, 1.54) is 0 Å². The lowest BCUT2D eigenvalue weighted by atomic mass is 9.97. The van der Waals surface area contributed by atoms with Crippen molar-refractivity contribution in [1.29, 1.82) is 0 Å². The Balaban J connectivity index is 1.93. The first-order valence-corrected chi connectivity index (χ1v) is 7.86. The number of carboxylic acids is 1. The van der Waals surface area contributed by atoms with Crippen LogP contribution in [0.5, 0.6) is 0 Å². The van der Waals surface area contributed by atoms with Gasteiger partial charge < -0.3 is 14.7 Å². The lowest BCUT2D eigenvalue weighted by Crippen LogP contribution is -2.23. The molecule has 0 atom stereocenters. The van der Waals surface area contributed by atoms with E-state index in [0.29, 0.717) is 13.0 Å². The first-order valence-electron chi connectivity index (χ1n) is 7.86. The average molecular weight is 325 g/mol. The Morgan fingerprint density at radius 1 is 1.21 bits per heavy atom. The van der Waals surface area contributed by atoms with E-state index in [9.17, 15) is 9.59 Å². The maximum atomic E-state index is 11.8. The van der Waals surface area contributed by atoms with Crippen molar-refractivity contribution in [3.63, 3.8) is 0 Å². The number of hydrogen-bond acceptors (Lipinski definition) is 3. The van der Waals surface area contributed by atoms with Crippen molar-refractivity contribution in [3.05, 3.63) is 53.6 Å². The van der Waals surface area contributed by atoms with Gasteiger partial charge in [-0.25, -0.2) is 4.79 Å². The molecule has 1 saturated heterocycles. The summed E-state index contributed by atoms with van der Waals surface area (Å²) >= 11 is 0. The molecule has 1 heterocycles. The summed E-state index contributed by atoms with van der Waals surface area (Å²) in [6.45, 7) is 1.10. The Morgan fingerprint density at radius 3 is 2.54 bits per heavy atom. The molecule has 24 heavy (non-hydrogen) atoms. The van der Waals surface area contributed by atoms with Gasteiger partial charge in [-0.05, 0) is 47.4 Å². The quantitative estimate of drug-likeness (QED) is 0.916. The van der Waals surface area contributed by atoms with Crippen LogP contribution >= 0.6 is 0 Å². The minimum atomic E-state index is -0.957. The lowest BCUT2D eigenvalue weighted by Gasteiger charge is -2.16. The van der Waals surface area contributed by atoms with Gasteiger partial charge in [-0.2, -0.15) is 0 Å². The number of amides is 1. The highest BCUT2D eigenvalue weighted by atomic mass is 16.5. The zero-order chi connectivity index (χ0) is 17.1. The molecule has 3 rings (SSSR count). The Morgan fingerprint density at radius 2 is 1.96 bits per heavy atom. The molecule has 0 radical (unpaired) electrons. The van der Waals surface area contributed by atoms with Crippen molar-refractivity contribution in [3.8, 4) is 11.1 Å². The molecule has 5 heteroatoms. The van der Waals surface area contributed by atoms with Gasteiger partial charge in [0.1, 0.15) is 0 Å². The zero-order valence-electron chi connectivity index (χ0n) is 13.5. The second-order valence-corrected chi connectivity index (χ2v) is 5.81. The van der Waals surface area contributed by atoms with Crippen LogP contribution in [0.1, 0.15) is 28.8 Å². The highest BCUT2D eigenvalue weighted by molar-refractivity contribution is 5.95. The predicted molar refractivity (Wildman–Crippen MR) is 91.1 cm³/mol. The summed E-state index contributed by atoms with van der Waals surface area (Å²) in [7, 11) is 1.58. The third-order valence-corrected chi connectivity index (χ3v) is 4.22. The molecule has 2 aromatic rings. The van der Waals surface area contributed by atoms with Gasteiger partial charge in [0, 0.05) is 25.8 Å². The Hall–Kier alpha value is -2.66. The SMILES string of the molecule is COCc1cc(C(=O)O)ccc1-c1ccc(N2CCCC2=O)cc1. The summed E-state index contributed by atoms with van der Waals surface area (Å²) in [6, 6.07) is 12.8. The molecule has 1 aliphatic heterocycles. The summed E-state index contributed by atoms with van der Waals surface area (Å²) in [6.07, 6.45) is 1.51. The van der Waals surface area contributed by atoms with E-state index >= 15 is 0 Å². The van der Waals surface area contributed by atoms with E-state index in [0.717, 1.165) is 35.3 Å². The highest BCUT2D eigenvalue weighted by Gasteiger charge is 2.21. The van der Waals surface area contributed by atoms with E-state index in [1.54, 1.807) is 30.2 Å². The first kappa shape index (κ1) is 16.2. The van der Waals surface area contributed by atoms with Crippen molar-refractivity contribution in [2.24, 2.45) is 0 Å². The zero-order valence-corrected chi connectivity index (χ0v) is 13.5. The summed E-state index contributed by atoms with van der Waals surface area (Å²) < 4.78 is 5.20. The molecule has 2 aromatic carbocycles. The molecule has 1 aliphatic rings. The van der Waals surface area contributed by atoms with Crippen LogP contribution in [0.25, 0.3) is 11.1 Å². The number of carbonyl (C=O) groups excluding carboxylic acids is 1. The molecule has 1 amide bonds. The Kier molecular flexibility index (Phi) is 4.62. The van der Waals surface area contributed by atoms with Gasteiger partial charge in [-0.3, -0.25) is 4.79 Å². The number of carbonyl (C=O) groups is 2. The maximum absolute atomic E-state index is 11.8. The monoisotopic (exact) mass is 325 g/mol. The smallest absolute Gasteiger partial charge is 0.335 e. The molecule has 5 nitrogen and oxygen atoms in total. The van der Waals surface area contributed by atoms with Crippen molar-refractivity contribution < 1.29 is 19.4 Å². The van der Waals surface area contributed by atoms with Gasteiger partial charge in [-0.15, -0.1) is 0 Å². The lowest BCUT2D eigenvalue weighted by molar-refractivity contribution is -0.117.